The van der Waals surface area contributed by atoms with Gasteiger partial charge in [0.05, 0.1) is 6.42 Å². The van der Waals surface area contributed by atoms with Crippen molar-refractivity contribution < 1.29 is 24.2 Å². The van der Waals surface area contributed by atoms with E-state index in [1.807, 2.05) is 52.0 Å². The Labute approximate surface area is 207 Å². The van der Waals surface area contributed by atoms with Gasteiger partial charge in [0.1, 0.15) is 11.8 Å². The fourth-order valence-electron chi connectivity index (χ4n) is 4.64. The van der Waals surface area contributed by atoms with Gasteiger partial charge in [-0.25, -0.2) is 4.79 Å². The van der Waals surface area contributed by atoms with E-state index in [-0.39, 0.29) is 24.2 Å². The first-order valence-electron chi connectivity index (χ1n) is 12.3. The predicted octanol–water partition coefficient (Wildman–Crippen LogP) is 4.79. The molecule has 2 aromatic carbocycles. The van der Waals surface area contributed by atoms with E-state index in [0.29, 0.717) is 25.0 Å². The van der Waals surface area contributed by atoms with Gasteiger partial charge in [0.2, 0.25) is 5.91 Å². The Morgan fingerprint density at radius 2 is 1.60 bits per heavy atom. The fourth-order valence-corrected chi connectivity index (χ4v) is 4.64. The molecule has 2 aromatic rings. The molecule has 1 aliphatic rings. The number of ether oxygens (including phenoxy) is 1. The molecule has 1 fully saturated rings. The van der Waals surface area contributed by atoms with Crippen LogP contribution in [0.5, 0.6) is 5.75 Å². The second kappa shape index (κ2) is 11.4. The molecular formula is C28H36N2O5. The van der Waals surface area contributed by atoms with Crippen molar-refractivity contribution in [1.29, 1.82) is 0 Å². The standard InChI is InChI=1S/C28H36N2O5/c1-18(2)13-24(26(32)33)30-27(34)28(11-5-6-12-28)35-23-9-7-21(8-10-23)17-25(31)29-22-15-19(3)14-20(4)16-22/h7-10,14-16,18,24H,5-6,11-13,17H2,1-4H3,(H,29,31)(H,30,34)(H,32,33)/t24-/m0/s1. The van der Waals surface area contributed by atoms with Crippen LogP contribution in [0, 0.1) is 19.8 Å². The first-order valence-corrected chi connectivity index (χ1v) is 12.3. The van der Waals surface area contributed by atoms with Crippen molar-refractivity contribution >= 4 is 23.5 Å². The van der Waals surface area contributed by atoms with E-state index in [9.17, 15) is 19.5 Å². The van der Waals surface area contributed by atoms with Crippen LogP contribution in [0.1, 0.15) is 62.6 Å². The highest BCUT2D eigenvalue weighted by Gasteiger charge is 2.45. The van der Waals surface area contributed by atoms with Crippen molar-refractivity contribution in [3.8, 4) is 5.75 Å². The van der Waals surface area contributed by atoms with Crippen molar-refractivity contribution in [3.05, 3.63) is 59.2 Å². The predicted molar refractivity (Wildman–Crippen MR) is 136 cm³/mol. The zero-order chi connectivity index (χ0) is 25.6. The molecule has 0 unspecified atom stereocenters. The van der Waals surface area contributed by atoms with E-state index in [4.69, 9.17) is 4.74 Å². The highest BCUT2D eigenvalue weighted by Crippen LogP contribution is 2.35. The van der Waals surface area contributed by atoms with Crippen LogP contribution in [0.3, 0.4) is 0 Å². The van der Waals surface area contributed by atoms with Gasteiger partial charge in [0, 0.05) is 5.69 Å². The average molecular weight is 481 g/mol. The molecule has 0 spiro atoms. The lowest BCUT2D eigenvalue weighted by Crippen LogP contribution is -2.54. The van der Waals surface area contributed by atoms with Crippen molar-refractivity contribution in [2.75, 3.05) is 5.32 Å². The summed E-state index contributed by atoms with van der Waals surface area (Å²) in [6, 6.07) is 12.1. The van der Waals surface area contributed by atoms with Crippen molar-refractivity contribution in [1.82, 2.24) is 5.32 Å². The summed E-state index contributed by atoms with van der Waals surface area (Å²) in [4.78, 5) is 37.3. The Balaban J connectivity index is 1.64. The molecule has 2 amide bonds. The van der Waals surface area contributed by atoms with E-state index >= 15 is 0 Å². The lowest BCUT2D eigenvalue weighted by molar-refractivity contribution is -0.146. The molecule has 188 valence electrons. The van der Waals surface area contributed by atoms with Gasteiger partial charge in [0.15, 0.2) is 5.60 Å². The molecule has 0 aromatic heterocycles. The van der Waals surface area contributed by atoms with Gasteiger partial charge < -0.3 is 20.5 Å². The van der Waals surface area contributed by atoms with Crippen LogP contribution < -0.4 is 15.4 Å². The number of nitrogens with one attached hydrogen (secondary N) is 2. The molecule has 3 N–H and O–H groups in total. The first-order chi connectivity index (χ1) is 16.6. The van der Waals surface area contributed by atoms with Crippen LogP contribution in [-0.2, 0) is 20.8 Å². The quantitative estimate of drug-likeness (QED) is 0.453. The normalized spacial score (nSPS) is 15.5. The van der Waals surface area contributed by atoms with E-state index in [0.717, 1.165) is 35.2 Å². The van der Waals surface area contributed by atoms with Crippen molar-refractivity contribution in [2.24, 2.45) is 5.92 Å². The lowest BCUT2D eigenvalue weighted by atomic mass is 9.98. The monoisotopic (exact) mass is 480 g/mol. The molecule has 0 aliphatic heterocycles. The number of benzene rings is 2. The Kier molecular flexibility index (Phi) is 8.54. The molecule has 0 radical (unpaired) electrons. The molecule has 1 aliphatic carbocycles. The zero-order valence-corrected chi connectivity index (χ0v) is 21.0. The molecule has 1 saturated carbocycles. The van der Waals surface area contributed by atoms with Crippen molar-refractivity contribution in [3.63, 3.8) is 0 Å². The van der Waals surface area contributed by atoms with Gasteiger partial charge >= 0.3 is 5.97 Å². The third-order valence-electron chi connectivity index (χ3n) is 6.24. The highest BCUT2D eigenvalue weighted by atomic mass is 16.5. The molecule has 35 heavy (non-hydrogen) atoms. The number of carbonyl (C=O) groups excluding carboxylic acids is 2. The summed E-state index contributed by atoms with van der Waals surface area (Å²) in [5, 5.41) is 15.2. The Bertz CT molecular complexity index is 1040. The molecular weight excluding hydrogens is 444 g/mol. The number of carboxylic acids is 1. The number of rotatable bonds is 10. The largest absolute Gasteiger partial charge is 0.480 e. The number of amides is 2. The van der Waals surface area contributed by atoms with E-state index in [1.165, 1.54) is 0 Å². The number of carboxylic acid groups (broad SMARTS) is 1. The number of aryl methyl sites for hydroxylation is 2. The van der Waals surface area contributed by atoms with Crippen LogP contribution in [0.2, 0.25) is 0 Å². The molecule has 1 atom stereocenters. The van der Waals surface area contributed by atoms with E-state index in [2.05, 4.69) is 16.7 Å². The summed E-state index contributed by atoms with van der Waals surface area (Å²) in [5.74, 6) is -0.864. The average Bonchev–Trinajstić information content (AvgIpc) is 3.23. The molecule has 0 bridgehead atoms. The summed E-state index contributed by atoms with van der Waals surface area (Å²) < 4.78 is 6.19. The van der Waals surface area contributed by atoms with Crippen LogP contribution in [0.25, 0.3) is 0 Å². The summed E-state index contributed by atoms with van der Waals surface area (Å²) in [6.45, 7) is 7.83. The summed E-state index contributed by atoms with van der Waals surface area (Å²) >= 11 is 0. The highest BCUT2D eigenvalue weighted by molar-refractivity contribution is 5.92. The summed E-state index contributed by atoms with van der Waals surface area (Å²) in [5.41, 5.74) is 2.70. The number of aliphatic carboxylic acids is 1. The topological polar surface area (TPSA) is 105 Å². The van der Waals surface area contributed by atoms with Crippen LogP contribution in [-0.4, -0.2) is 34.5 Å². The molecule has 0 saturated heterocycles. The number of carbonyl (C=O) groups is 3. The number of anilines is 1. The minimum atomic E-state index is -1.08. The first kappa shape index (κ1) is 26.3. The number of hydrogen-bond donors (Lipinski definition) is 3. The van der Waals surface area contributed by atoms with Crippen LogP contribution in [0.15, 0.2) is 42.5 Å². The maximum absolute atomic E-state index is 13.1. The minimum Gasteiger partial charge on any atom is -0.480 e. The van der Waals surface area contributed by atoms with Gasteiger partial charge in [0.25, 0.3) is 5.91 Å². The van der Waals surface area contributed by atoms with E-state index < -0.39 is 17.6 Å². The SMILES string of the molecule is Cc1cc(C)cc(NC(=O)Cc2ccc(OC3(C(=O)N[C@@H](CC(C)C)C(=O)O)CCCC3)cc2)c1. The molecule has 0 heterocycles. The van der Waals surface area contributed by atoms with Gasteiger partial charge in [-0.15, -0.1) is 0 Å². The zero-order valence-electron chi connectivity index (χ0n) is 21.0. The molecule has 7 nitrogen and oxygen atoms in total. The molecule has 7 heteroatoms. The van der Waals surface area contributed by atoms with Gasteiger partial charge in [-0.1, -0.05) is 32.0 Å². The second-order valence-corrected chi connectivity index (χ2v) is 10.0. The Morgan fingerprint density at radius 1 is 1.00 bits per heavy atom. The van der Waals surface area contributed by atoms with Crippen molar-refractivity contribution in [2.45, 2.75) is 77.9 Å². The maximum Gasteiger partial charge on any atom is 0.326 e. The Morgan fingerprint density at radius 3 is 2.14 bits per heavy atom. The van der Waals surface area contributed by atoms with Gasteiger partial charge in [-0.3, -0.25) is 9.59 Å². The maximum atomic E-state index is 13.1. The second-order valence-electron chi connectivity index (χ2n) is 10.0. The Hall–Kier alpha value is -3.35. The summed E-state index contributed by atoms with van der Waals surface area (Å²) in [7, 11) is 0. The van der Waals surface area contributed by atoms with Gasteiger partial charge in [-0.05, 0) is 92.8 Å². The minimum absolute atomic E-state index is 0.111. The lowest BCUT2D eigenvalue weighted by Gasteiger charge is -2.30. The summed E-state index contributed by atoms with van der Waals surface area (Å²) in [6.07, 6.45) is 3.32. The fraction of sp³-hybridized carbons (Fsp3) is 0.464. The van der Waals surface area contributed by atoms with Crippen LogP contribution >= 0.6 is 0 Å². The number of hydrogen-bond acceptors (Lipinski definition) is 4. The van der Waals surface area contributed by atoms with Crippen LogP contribution in [0.4, 0.5) is 5.69 Å². The van der Waals surface area contributed by atoms with Gasteiger partial charge in [-0.2, -0.15) is 0 Å². The third kappa shape index (κ3) is 7.31. The third-order valence-corrected chi connectivity index (χ3v) is 6.24. The smallest absolute Gasteiger partial charge is 0.326 e. The molecule has 3 rings (SSSR count). The van der Waals surface area contributed by atoms with E-state index in [1.54, 1.807) is 12.1 Å².